The van der Waals surface area contributed by atoms with Crippen molar-refractivity contribution in [1.82, 2.24) is 0 Å². The first-order valence-corrected chi connectivity index (χ1v) is 20.3. The molecule has 8 nitrogen and oxygen atoms in total. The number of hydrogen-bond acceptors (Lipinski definition) is 8. The Morgan fingerprint density at radius 2 is 0.797 bits per heavy atom. The van der Waals surface area contributed by atoms with Gasteiger partial charge in [-0.25, -0.2) is 53.9 Å². The van der Waals surface area contributed by atoms with Gasteiger partial charge >= 0.3 is 0 Å². The first kappa shape index (κ1) is 45.9. The number of hydrogen-bond donors (Lipinski definition) is 0. The van der Waals surface area contributed by atoms with Crippen molar-refractivity contribution in [2.45, 2.75) is 78.4 Å². The molecule has 0 unspecified atom stereocenters. The van der Waals surface area contributed by atoms with Crippen molar-refractivity contribution in [3.8, 4) is 22.3 Å². The van der Waals surface area contributed by atoms with Crippen LogP contribution < -0.4 is 0 Å². The van der Waals surface area contributed by atoms with Gasteiger partial charge in [0.05, 0.1) is 34.7 Å². The molecular weight excluding hydrogens is 866 g/mol. The molecule has 0 atom stereocenters. The van der Waals surface area contributed by atoms with Gasteiger partial charge in [-0.15, -0.1) is 0 Å². The maximum absolute atomic E-state index is 15.6. The molecule has 0 spiro atoms. The van der Waals surface area contributed by atoms with Gasteiger partial charge < -0.3 is 27.1 Å². The van der Waals surface area contributed by atoms with Gasteiger partial charge in [-0.05, 0) is 49.2 Å². The summed E-state index contributed by atoms with van der Waals surface area (Å²) in [4.78, 5) is 8.20. The first-order chi connectivity index (χ1) is 30.8. The zero-order valence-corrected chi connectivity index (χ0v) is 34.2. The molecular formula is C46H38F10N2O6. The Kier molecular flexibility index (Phi) is 14.4. The van der Waals surface area contributed by atoms with Gasteiger partial charge in [0.15, 0.2) is 46.5 Å². The average Bonchev–Trinajstić information content (AvgIpc) is 4.10. The predicted molar refractivity (Wildman–Crippen MR) is 216 cm³/mol. The van der Waals surface area contributed by atoms with Crippen LogP contribution in [0.15, 0.2) is 64.1 Å². The molecule has 0 saturated carbocycles. The molecule has 7 aromatic rings. The van der Waals surface area contributed by atoms with Crippen LogP contribution in [0, 0.1) is 58.2 Å². The lowest BCUT2D eigenvalue weighted by Gasteiger charge is -2.08. The standard InChI is InChI=1S/C46H38F10N2O6/c1-3-5-7-9-15-59-21-25-13-11-23(61-25)19-57-45-31(33-35(47)39(51)43(55)40(52)36(33)48)27-17-30-28(18-29(27)63-45)32(34-37(49)41(53)44(56)42(54)38(34)50)46(64-30)58-20-24-12-14-26(62-24)22-60-16-10-8-6-4-2/h11-14,17-20H,3-10,15-16,21-22H2,1-2H3/b57-19-,58-20+. The summed E-state index contributed by atoms with van der Waals surface area (Å²) in [6.45, 7) is 5.27. The van der Waals surface area contributed by atoms with Gasteiger partial charge in [0.1, 0.15) is 47.4 Å². The predicted octanol–water partition coefficient (Wildman–Crippen LogP) is 14.8. The van der Waals surface area contributed by atoms with E-state index in [1.807, 2.05) is 0 Å². The normalized spacial score (nSPS) is 12.2. The van der Waals surface area contributed by atoms with Crippen molar-refractivity contribution >= 4 is 46.1 Å². The fourth-order valence-electron chi connectivity index (χ4n) is 6.91. The third-order valence-electron chi connectivity index (χ3n) is 10.1. The van der Waals surface area contributed by atoms with Crippen LogP contribution in [-0.4, -0.2) is 25.6 Å². The number of nitrogens with zero attached hydrogens (tertiary/aromatic N) is 2. The number of rotatable bonds is 20. The largest absolute Gasteiger partial charge is 0.458 e. The van der Waals surface area contributed by atoms with E-state index >= 15 is 17.6 Å². The van der Waals surface area contributed by atoms with E-state index < -0.39 is 114 Å². The molecule has 0 fully saturated rings. The minimum absolute atomic E-state index is 0.0527. The van der Waals surface area contributed by atoms with Crippen LogP contribution in [0.4, 0.5) is 55.7 Å². The van der Waals surface area contributed by atoms with Crippen molar-refractivity contribution in [1.29, 1.82) is 0 Å². The van der Waals surface area contributed by atoms with Gasteiger partial charge in [0.25, 0.3) is 0 Å². The van der Waals surface area contributed by atoms with Crippen molar-refractivity contribution in [2.24, 2.45) is 9.98 Å². The molecule has 0 bridgehead atoms. The summed E-state index contributed by atoms with van der Waals surface area (Å²) in [5.74, 6) is -23.8. The van der Waals surface area contributed by atoms with Gasteiger partial charge in [-0.1, -0.05) is 52.4 Å². The minimum atomic E-state index is -2.45. The van der Waals surface area contributed by atoms with E-state index in [0.29, 0.717) is 24.7 Å². The van der Waals surface area contributed by atoms with E-state index in [1.54, 1.807) is 12.1 Å². The highest BCUT2D eigenvalue weighted by Crippen LogP contribution is 2.49. The lowest BCUT2D eigenvalue weighted by atomic mass is 9.98. The molecule has 0 amide bonds. The number of unbranched alkanes of at least 4 members (excludes halogenated alkanes) is 6. The number of fused-ring (bicyclic) bond motifs is 2. The summed E-state index contributed by atoms with van der Waals surface area (Å²) in [6, 6.07) is 7.89. The van der Waals surface area contributed by atoms with Crippen molar-refractivity contribution in [3.05, 3.63) is 118 Å². The quantitative estimate of drug-likeness (QED) is 0.0249. The Morgan fingerprint density at radius 3 is 1.16 bits per heavy atom. The van der Waals surface area contributed by atoms with Crippen molar-refractivity contribution in [2.75, 3.05) is 13.2 Å². The third-order valence-corrected chi connectivity index (χ3v) is 10.1. The van der Waals surface area contributed by atoms with Crippen molar-refractivity contribution < 1.29 is 71.0 Å². The number of benzene rings is 3. The Morgan fingerprint density at radius 1 is 0.438 bits per heavy atom. The lowest BCUT2D eigenvalue weighted by molar-refractivity contribution is 0.102. The van der Waals surface area contributed by atoms with E-state index in [4.69, 9.17) is 27.1 Å². The van der Waals surface area contributed by atoms with Gasteiger partial charge in [0.2, 0.25) is 23.4 Å². The molecule has 3 aromatic carbocycles. The first-order valence-electron chi connectivity index (χ1n) is 20.3. The Labute approximate surface area is 358 Å². The van der Waals surface area contributed by atoms with Crippen LogP contribution in [-0.2, 0) is 22.7 Å². The zero-order valence-electron chi connectivity index (χ0n) is 34.2. The fraction of sp³-hybridized carbons (Fsp3) is 0.304. The van der Waals surface area contributed by atoms with E-state index in [-0.39, 0.29) is 24.7 Å². The SMILES string of the molecule is CCCCCCOCc1ccc(/C=N\c2oc3cc4c(-c5c(F)c(F)c(F)c(F)c5F)c(/N=C/c5ccc(COCCCCCC)o5)oc4cc3c2-c2c(F)c(F)c(F)c(F)c2F)o1. The van der Waals surface area contributed by atoms with Crippen LogP contribution in [0.1, 0.15) is 88.3 Å². The molecule has 64 heavy (non-hydrogen) atoms. The topological polar surface area (TPSA) is 95.7 Å². The summed E-state index contributed by atoms with van der Waals surface area (Å²) >= 11 is 0. The van der Waals surface area contributed by atoms with Gasteiger partial charge in [-0.3, -0.25) is 0 Å². The number of halogens is 10. The monoisotopic (exact) mass is 904 g/mol. The van der Waals surface area contributed by atoms with Crippen molar-refractivity contribution in [3.63, 3.8) is 0 Å². The second kappa shape index (κ2) is 20.1. The Balaban J connectivity index is 1.34. The van der Waals surface area contributed by atoms with E-state index in [2.05, 4.69) is 23.8 Å². The maximum Gasteiger partial charge on any atom is 0.228 e. The molecule has 0 saturated heterocycles. The smallest absolute Gasteiger partial charge is 0.228 e. The van der Waals surface area contributed by atoms with Crippen LogP contribution in [0.2, 0.25) is 0 Å². The molecule has 0 aliphatic heterocycles. The molecule has 4 heterocycles. The fourth-order valence-corrected chi connectivity index (χ4v) is 6.91. The summed E-state index contributed by atoms with van der Waals surface area (Å²) in [6.07, 6.45) is 9.87. The summed E-state index contributed by atoms with van der Waals surface area (Å²) < 4.78 is 184. The third kappa shape index (κ3) is 9.38. The van der Waals surface area contributed by atoms with Gasteiger partial charge in [0, 0.05) is 24.0 Å². The molecule has 0 aliphatic rings. The van der Waals surface area contributed by atoms with E-state index in [0.717, 1.165) is 75.9 Å². The van der Waals surface area contributed by atoms with Crippen LogP contribution in [0.5, 0.6) is 0 Å². The molecule has 4 aromatic heterocycles. The Hall–Kier alpha value is -6.14. The molecule has 7 rings (SSSR count). The second-order valence-corrected chi connectivity index (χ2v) is 14.6. The highest BCUT2D eigenvalue weighted by Gasteiger charge is 2.34. The number of aliphatic imine (C=N–C) groups is 2. The van der Waals surface area contributed by atoms with E-state index in [1.165, 1.54) is 12.1 Å². The second-order valence-electron chi connectivity index (χ2n) is 14.6. The molecule has 338 valence electrons. The highest BCUT2D eigenvalue weighted by atomic mass is 19.2. The Bertz CT molecular complexity index is 2610. The maximum atomic E-state index is 15.6. The van der Waals surface area contributed by atoms with E-state index in [9.17, 15) is 26.3 Å². The zero-order chi connectivity index (χ0) is 45.7. The number of ether oxygens (including phenoxy) is 2. The van der Waals surface area contributed by atoms with Crippen LogP contribution >= 0.6 is 0 Å². The van der Waals surface area contributed by atoms with Crippen LogP contribution in [0.25, 0.3) is 44.2 Å². The summed E-state index contributed by atoms with van der Waals surface area (Å²) in [7, 11) is 0. The van der Waals surface area contributed by atoms with Gasteiger partial charge in [-0.2, -0.15) is 0 Å². The molecule has 18 heteroatoms. The lowest BCUT2D eigenvalue weighted by Crippen LogP contribution is -2.04. The molecule has 0 N–H and O–H groups in total. The number of furan rings is 4. The van der Waals surface area contributed by atoms with Crippen LogP contribution in [0.3, 0.4) is 0 Å². The highest BCUT2D eigenvalue weighted by molar-refractivity contribution is 6.11. The molecule has 0 radical (unpaired) electrons. The molecule has 0 aliphatic carbocycles. The minimum Gasteiger partial charge on any atom is -0.458 e. The summed E-state index contributed by atoms with van der Waals surface area (Å²) in [5.41, 5.74) is -5.47. The summed E-state index contributed by atoms with van der Waals surface area (Å²) in [5, 5.41) is -0.837. The average molecular weight is 905 g/mol.